The van der Waals surface area contributed by atoms with Crippen LogP contribution < -0.4 is 5.32 Å². The lowest BCUT2D eigenvalue weighted by molar-refractivity contribution is -0.124. The number of fused-ring (bicyclic) bond motifs is 1. The van der Waals surface area contributed by atoms with Gasteiger partial charge in [-0.2, -0.15) is 0 Å². The van der Waals surface area contributed by atoms with Gasteiger partial charge in [0.1, 0.15) is 6.10 Å². The summed E-state index contributed by atoms with van der Waals surface area (Å²) in [6, 6.07) is 5.15. The van der Waals surface area contributed by atoms with Gasteiger partial charge in [-0.25, -0.2) is 9.78 Å². The zero-order valence-electron chi connectivity index (χ0n) is 12.1. The second kappa shape index (κ2) is 6.41. The van der Waals surface area contributed by atoms with Crippen molar-refractivity contribution in [2.75, 3.05) is 18.5 Å². The number of nitrogens with one attached hydrogen (secondary N) is 1. The van der Waals surface area contributed by atoms with Crippen molar-refractivity contribution in [3.63, 3.8) is 0 Å². The van der Waals surface area contributed by atoms with E-state index in [1.54, 1.807) is 25.1 Å². The zero-order valence-corrected chi connectivity index (χ0v) is 12.9. The maximum atomic E-state index is 12.0. The average molecular weight is 320 g/mol. The number of aromatic nitrogens is 1. The van der Waals surface area contributed by atoms with Crippen LogP contribution in [0, 0.1) is 0 Å². The van der Waals surface area contributed by atoms with Crippen molar-refractivity contribution in [3.8, 4) is 0 Å². The van der Waals surface area contributed by atoms with Crippen molar-refractivity contribution in [1.29, 1.82) is 0 Å². The summed E-state index contributed by atoms with van der Waals surface area (Å²) < 4.78 is 11.1. The van der Waals surface area contributed by atoms with E-state index in [2.05, 4.69) is 10.3 Å². The number of anilines is 1. The predicted octanol–water partition coefficient (Wildman–Crippen LogP) is 2.59. The molecule has 0 saturated carbocycles. The molecule has 0 radical (unpaired) electrons. The number of esters is 1. The minimum absolute atomic E-state index is 0.165. The lowest BCUT2D eigenvalue weighted by Crippen LogP contribution is -2.26. The van der Waals surface area contributed by atoms with E-state index in [1.165, 1.54) is 11.3 Å². The van der Waals surface area contributed by atoms with Gasteiger partial charge in [-0.3, -0.25) is 10.1 Å². The van der Waals surface area contributed by atoms with E-state index in [-0.39, 0.29) is 18.0 Å². The Hall–Kier alpha value is -1.99. The highest BCUT2D eigenvalue weighted by atomic mass is 32.1. The number of thiazole rings is 1. The number of ether oxygens (including phenoxy) is 2. The molecule has 116 valence electrons. The van der Waals surface area contributed by atoms with Crippen LogP contribution >= 0.6 is 11.3 Å². The molecule has 0 unspecified atom stereocenters. The van der Waals surface area contributed by atoms with Crippen LogP contribution in [0.4, 0.5) is 5.13 Å². The summed E-state index contributed by atoms with van der Waals surface area (Å²) in [5.74, 6) is -0.523. The number of rotatable bonds is 4. The highest BCUT2D eigenvalue weighted by molar-refractivity contribution is 7.22. The Labute approximate surface area is 131 Å². The van der Waals surface area contributed by atoms with E-state index in [1.807, 2.05) is 0 Å². The van der Waals surface area contributed by atoms with E-state index in [4.69, 9.17) is 9.47 Å². The highest BCUT2D eigenvalue weighted by Crippen LogP contribution is 2.27. The molecule has 1 aromatic heterocycles. The molecule has 2 aromatic rings. The van der Waals surface area contributed by atoms with Crippen LogP contribution in [-0.2, 0) is 14.3 Å². The summed E-state index contributed by atoms with van der Waals surface area (Å²) in [5, 5.41) is 3.29. The van der Waals surface area contributed by atoms with Gasteiger partial charge in [-0.15, -0.1) is 0 Å². The zero-order chi connectivity index (χ0) is 15.5. The van der Waals surface area contributed by atoms with Crippen LogP contribution in [0.3, 0.4) is 0 Å². The molecule has 1 N–H and O–H groups in total. The van der Waals surface area contributed by atoms with E-state index in [0.29, 0.717) is 23.9 Å². The second-order valence-electron chi connectivity index (χ2n) is 4.91. The average Bonchev–Trinajstić information content (AvgIpc) is 3.15. The largest absolute Gasteiger partial charge is 0.462 e. The summed E-state index contributed by atoms with van der Waals surface area (Å²) >= 11 is 1.33. The van der Waals surface area contributed by atoms with Gasteiger partial charge in [0.05, 0.1) is 22.4 Å². The summed E-state index contributed by atoms with van der Waals surface area (Å²) in [6.07, 6.45) is 1.26. The van der Waals surface area contributed by atoms with Crippen molar-refractivity contribution >= 4 is 38.6 Å². The standard InChI is InChI=1S/C15H16N2O4S/c1-2-20-14(19)9-5-6-10-12(8-9)22-15(16-10)17-13(18)11-4-3-7-21-11/h5-6,8,11H,2-4,7H2,1H3,(H,16,17,18)/t11-/m1/s1. The number of nitrogens with zero attached hydrogens (tertiary/aromatic N) is 1. The molecule has 0 bridgehead atoms. The van der Waals surface area contributed by atoms with Gasteiger partial charge in [-0.1, -0.05) is 11.3 Å². The first kappa shape index (κ1) is 14.9. The second-order valence-corrected chi connectivity index (χ2v) is 5.94. The molecule has 1 amide bonds. The molecule has 1 aliphatic heterocycles. The molecular weight excluding hydrogens is 304 g/mol. The van der Waals surface area contributed by atoms with Crippen LogP contribution in [0.5, 0.6) is 0 Å². The Morgan fingerprint density at radius 3 is 3.09 bits per heavy atom. The van der Waals surface area contributed by atoms with E-state index in [0.717, 1.165) is 23.1 Å². The highest BCUT2D eigenvalue weighted by Gasteiger charge is 2.24. The Bertz CT molecular complexity index is 707. The minimum atomic E-state index is -0.387. The number of carbonyl (C=O) groups is 2. The van der Waals surface area contributed by atoms with Gasteiger partial charge in [0.15, 0.2) is 5.13 Å². The number of hydrogen-bond acceptors (Lipinski definition) is 6. The van der Waals surface area contributed by atoms with Crippen LogP contribution in [-0.4, -0.2) is 36.2 Å². The van der Waals surface area contributed by atoms with Crippen LogP contribution in [0.15, 0.2) is 18.2 Å². The Kier molecular flexibility index (Phi) is 4.35. The number of amides is 1. The van der Waals surface area contributed by atoms with Gasteiger partial charge < -0.3 is 9.47 Å². The number of hydrogen-bond donors (Lipinski definition) is 1. The van der Waals surface area contributed by atoms with Gasteiger partial charge in [-0.05, 0) is 38.0 Å². The molecule has 1 atom stereocenters. The maximum Gasteiger partial charge on any atom is 0.338 e. The molecule has 0 spiro atoms. The van der Waals surface area contributed by atoms with Crippen molar-refractivity contribution in [3.05, 3.63) is 23.8 Å². The van der Waals surface area contributed by atoms with E-state index < -0.39 is 0 Å². The third kappa shape index (κ3) is 3.10. The topological polar surface area (TPSA) is 77.5 Å². The molecule has 2 heterocycles. The SMILES string of the molecule is CCOC(=O)c1ccc2nc(NC(=O)[C@H]3CCCO3)sc2c1. The van der Waals surface area contributed by atoms with Crippen LogP contribution in [0.1, 0.15) is 30.1 Å². The van der Waals surface area contributed by atoms with Crippen molar-refractivity contribution in [1.82, 2.24) is 4.98 Å². The quantitative estimate of drug-likeness (QED) is 0.876. The Morgan fingerprint density at radius 2 is 2.36 bits per heavy atom. The summed E-state index contributed by atoms with van der Waals surface area (Å²) in [6.45, 7) is 2.73. The first-order valence-corrected chi connectivity index (χ1v) is 7.99. The smallest absolute Gasteiger partial charge is 0.338 e. The molecular formula is C15H16N2O4S. The third-order valence-corrected chi connectivity index (χ3v) is 4.29. The molecule has 1 aliphatic rings. The van der Waals surface area contributed by atoms with Gasteiger partial charge in [0.25, 0.3) is 5.91 Å². The molecule has 22 heavy (non-hydrogen) atoms. The maximum absolute atomic E-state index is 12.0. The van der Waals surface area contributed by atoms with Gasteiger partial charge in [0.2, 0.25) is 0 Å². The Balaban J connectivity index is 1.77. The molecule has 1 saturated heterocycles. The lowest BCUT2D eigenvalue weighted by atomic mass is 10.2. The molecule has 7 heteroatoms. The summed E-state index contributed by atoms with van der Waals surface area (Å²) in [5.41, 5.74) is 1.22. The van der Waals surface area contributed by atoms with E-state index >= 15 is 0 Å². The number of carbonyl (C=O) groups excluding carboxylic acids is 2. The third-order valence-electron chi connectivity index (χ3n) is 3.35. The lowest BCUT2D eigenvalue weighted by Gasteiger charge is -2.07. The monoisotopic (exact) mass is 320 g/mol. The van der Waals surface area contributed by atoms with Crippen molar-refractivity contribution in [2.24, 2.45) is 0 Å². The predicted molar refractivity (Wildman–Crippen MR) is 83.2 cm³/mol. The molecule has 6 nitrogen and oxygen atoms in total. The molecule has 1 fully saturated rings. The van der Waals surface area contributed by atoms with Gasteiger partial charge in [0, 0.05) is 6.61 Å². The normalized spacial score (nSPS) is 17.6. The van der Waals surface area contributed by atoms with Crippen molar-refractivity contribution in [2.45, 2.75) is 25.9 Å². The van der Waals surface area contributed by atoms with Gasteiger partial charge >= 0.3 is 5.97 Å². The first-order valence-electron chi connectivity index (χ1n) is 7.17. The summed E-state index contributed by atoms with van der Waals surface area (Å²) in [4.78, 5) is 28.1. The molecule has 3 rings (SSSR count). The molecule has 0 aliphatic carbocycles. The fourth-order valence-electron chi connectivity index (χ4n) is 2.29. The van der Waals surface area contributed by atoms with E-state index in [9.17, 15) is 9.59 Å². The fourth-order valence-corrected chi connectivity index (χ4v) is 3.20. The fraction of sp³-hybridized carbons (Fsp3) is 0.400. The summed E-state index contributed by atoms with van der Waals surface area (Å²) in [7, 11) is 0. The first-order chi connectivity index (χ1) is 10.7. The Morgan fingerprint density at radius 1 is 1.50 bits per heavy atom. The van der Waals surface area contributed by atoms with Crippen LogP contribution in [0.2, 0.25) is 0 Å². The van der Waals surface area contributed by atoms with Crippen LogP contribution in [0.25, 0.3) is 10.2 Å². The minimum Gasteiger partial charge on any atom is -0.462 e. The number of benzene rings is 1. The molecule has 1 aromatic carbocycles. The van der Waals surface area contributed by atoms with Crippen molar-refractivity contribution < 1.29 is 19.1 Å².